The van der Waals surface area contributed by atoms with E-state index in [2.05, 4.69) is 50.0 Å². The molecule has 0 spiro atoms. The van der Waals surface area contributed by atoms with Crippen LogP contribution in [-0.2, 0) is 6.42 Å². The van der Waals surface area contributed by atoms with Gasteiger partial charge in [0.05, 0.1) is 23.8 Å². The highest BCUT2D eigenvalue weighted by molar-refractivity contribution is 6.76. The first kappa shape index (κ1) is 12.1. The van der Waals surface area contributed by atoms with Crippen LogP contribution < -0.4 is 0 Å². The zero-order valence-electron chi connectivity index (χ0n) is 16.8. The Hall–Kier alpha value is -1.38. The van der Waals surface area contributed by atoms with Crippen LogP contribution in [-0.4, -0.2) is 32.2 Å². The molecule has 0 aliphatic carbocycles. The van der Waals surface area contributed by atoms with Gasteiger partial charge >= 0.3 is 0 Å². The first-order valence-electron chi connectivity index (χ1n) is 9.64. The van der Waals surface area contributed by atoms with Crippen LogP contribution in [0.25, 0.3) is 0 Å². The van der Waals surface area contributed by atoms with Gasteiger partial charge < -0.3 is 4.48 Å². The summed E-state index contributed by atoms with van der Waals surface area (Å²) in [5.74, 6) is 0. The molecule has 0 amide bonds. The van der Waals surface area contributed by atoms with Crippen molar-refractivity contribution in [2.45, 2.75) is 32.1 Å². The van der Waals surface area contributed by atoms with E-state index in [9.17, 15) is 0 Å². The Bertz CT molecular complexity index is 737. The SMILES string of the molecule is [2H]C([2H])([2H])[N@@+]1(C[Si](C)(C)C)CCc2ccccc2[C@@H]1c1ccccc1. The lowest BCUT2D eigenvalue weighted by atomic mass is 9.87. The zero-order chi connectivity index (χ0) is 18.3. The van der Waals surface area contributed by atoms with Crippen LogP contribution in [0.15, 0.2) is 54.6 Å². The number of fused-ring (bicyclic) bond motifs is 1. The number of hydrogen-bond acceptors (Lipinski definition) is 0. The quantitative estimate of drug-likeness (QED) is 0.571. The third-order valence-corrected chi connectivity index (χ3v) is 6.01. The molecule has 1 aliphatic rings. The van der Waals surface area contributed by atoms with Crippen LogP contribution in [0.1, 0.15) is 26.8 Å². The molecule has 3 rings (SSSR count). The van der Waals surface area contributed by atoms with Crippen molar-refractivity contribution in [1.29, 1.82) is 0 Å². The van der Waals surface area contributed by atoms with Crippen molar-refractivity contribution >= 4 is 8.07 Å². The van der Waals surface area contributed by atoms with E-state index in [1.165, 1.54) is 11.1 Å². The van der Waals surface area contributed by atoms with E-state index in [1.807, 2.05) is 24.3 Å². The molecule has 0 bridgehead atoms. The summed E-state index contributed by atoms with van der Waals surface area (Å²) >= 11 is 0. The number of benzene rings is 2. The zero-order valence-corrected chi connectivity index (χ0v) is 14.8. The molecule has 1 aliphatic heterocycles. The second-order valence-electron chi connectivity index (χ2n) is 7.74. The molecule has 0 radical (unpaired) electrons. The number of rotatable bonds is 3. The fourth-order valence-electron chi connectivity index (χ4n) is 3.86. The van der Waals surface area contributed by atoms with E-state index in [4.69, 9.17) is 4.11 Å². The highest BCUT2D eigenvalue weighted by Gasteiger charge is 2.42. The monoisotopic (exact) mass is 313 g/mol. The van der Waals surface area contributed by atoms with Crippen LogP contribution in [0, 0.1) is 0 Å². The lowest BCUT2D eigenvalue weighted by Crippen LogP contribution is -2.58. The van der Waals surface area contributed by atoms with Gasteiger partial charge in [-0.1, -0.05) is 74.2 Å². The van der Waals surface area contributed by atoms with E-state index in [0.717, 1.165) is 18.2 Å². The minimum atomic E-state index is -2.03. The maximum atomic E-state index is 8.50. The Morgan fingerprint density at radius 2 is 1.73 bits per heavy atom. The van der Waals surface area contributed by atoms with Crippen LogP contribution in [0.4, 0.5) is 0 Å². The maximum absolute atomic E-state index is 8.50. The Kier molecular flexibility index (Phi) is 3.12. The van der Waals surface area contributed by atoms with Crippen molar-refractivity contribution in [1.82, 2.24) is 0 Å². The molecule has 22 heavy (non-hydrogen) atoms. The van der Waals surface area contributed by atoms with Crippen molar-refractivity contribution < 1.29 is 8.60 Å². The molecule has 1 nitrogen and oxygen atoms in total. The molecule has 0 saturated carbocycles. The third kappa shape index (κ3) is 3.04. The van der Waals surface area contributed by atoms with E-state index in [-0.39, 0.29) is 10.5 Å². The maximum Gasteiger partial charge on any atom is 0.140 e. The van der Waals surface area contributed by atoms with Crippen molar-refractivity contribution in [3.05, 3.63) is 71.3 Å². The van der Waals surface area contributed by atoms with Crippen LogP contribution >= 0.6 is 0 Å². The summed E-state index contributed by atoms with van der Waals surface area (Å²) in [5.41, 5.74) is 3.60. The molecule has 1 heterocycles. The molecule has 0 saturated heterocycles. The number of hydrogen-bond donors (Lipinski definition) is 0. The van der Waals surface area contributed by atoms with Gasteiger partial charge in [0.25, 0.3) is 0 Å². The first-order chi connectivity index (χ1) is 11.6. The molecule has 0 fully saturated rings. The van der Waals surface area contributed by atoms with Crippen LogP contribution in [0.5, 0.6) is 0 Å². The van der Waals surface area contributed by atoms with Gasteiger partial charge in [-0.3, -0.25) is 0 Å². The van der Waals surface area contributed by atoms with Crippen LogP contribution in [0.3, 0.4) is 0 Å². The molecule has 2 heteroatoms. The van der Waals surface area contributed by atoms with E-state index in [1.54, 1.807) is 0 Å². The van der Waals surface area contributed by atoms with Crippen LogP contribution in [0.2, 0.25) is 19.6 Å². The fourth-order valence-corrected chi connectivity index (χ4v) is 5.89. The second-order valence-corrected chi connectivity index (χ2v) is 13.2. The molecule has 0 N–H and O–H groups in total. The minimum absolute atomic E-state index is 0.120. The van der Waals surface area contributed by atoms with Gasteiger partial charge in [-0.15, -0.1) is 0 Å². The normalized spacial score (nSPS) is 27.4. The summed E-state index contributed by atoms with van der Waals surface area (Å²) in [6.07, 6.45) is 1.60. The molecular weight excluding hydrogens is 282 g/mol. The van der Waals surface area contributed by atoms with Crippen molar-refractivity contribution in [2.24, 2.45) is 0 Å². The number of nitrogens with zero attached hydrogens (tertiary/aromatic N) is 1. The number of likely N-dealkylation sites (N-methyl/N-ethyl adjacent to an activating group) is 1. The van der Waals surface area contributed by atoms with Crippen molar-refractivity contribution in [2.75, 3.05) is 19.7 Å². The van der Waals surface area contributed by atoms with Gasteiger partial charge in [0.2, 0.25) is 0 Å². The van der Waals surface area contributed by atoms with Gasteiger partial charge in [-0.05, 0) is 5.56 Å². The predicted molar refractivity (Wildman–Crippen MR) is 97.7 cm³/mol. The molecule has 2 atom stereocenters. The highest BCUT2D eigenvalue weighted by Crippen LogP contribution is 2.40. The molecule has 2 aromatic carbocycles. The molecular formula is C20H28NSi+. The third-order valence-electron chi connectivity index (χ3n) is 4.50. The van der Waals surface area contributed by atoms with Crippen molar-refractivity contribution in [3.63, 3.8) is 0 Å². The summed E-state index contributed by atoms with van der Waals surface area (Å²) in [6.45, 7) is 5.48. The molecule has 116 valence electrons. The van der Waals surface area contributed by atoms with E-state index < -0.39 is 15.0 Å². The Morgan fingerprint density at radius 3 is 2.41 bits per heavy atom. The average molecular weight is 314 g/mol. The second kappa shape index (κ2) is 5.67. The summed E-state index contributed by atoms with van der Waals surface area (Å²) in [4.78, 5) is 0. The summed E-state index contributed by atoms with van der Waals surface area (Å²) in [6, 6.07) is 18.5. The lowest BCUT2D eigenvalue weighted by Gasteiger charge is -2.48. The number of quaternary nitrogens is 1. The Labute approximate surface area is 140 Å². The highest BCUT2D eigenvalue weighted by atomic mass is 28.3. The minimum Gasteiger partial charge on any atom is -0.319 e. The molecule has 2 aromatic rings. The van der Waals surface area contributed by atoms with Gasteiger partial charge in [0.15, 0.2) is 0 Å². The van der Waals surface area contributed by atoms with E-state index >= 15 is 0 Å². The average Bonchev–Trinajstić information content (AvgIpc) is 2.53. The fraction of sp³-hybridized carbons (Fsp3) is 0.400. The summed E-state index contributed by atoms with van der Waals surface area (Å²) in [7, 11) is -1.61. The first-order valence-corrected chi connectivity index (χ1v) is 11.8. The molecule has 0 unspecified atom stereocenters. The van der Waals surface area contributed by atoms with Crippen molar-refractivity contribution in [3.8, 4) is 0 Å². The summed E-state index contributed by atoms with van der Waals surface area (Å²) < 4.78 is 25.7. The molecule has 0 aromatic heterocycles. The lowest BCUT2D eigenvalue weighted by molar-refractivity contribution is -0.926. The summed E-state index contributed by atoms with van der Waals surface area (Å²) in [5, 5.41) is 0. The standard InChI is InChI=1S/C20H28NSi/c1-21(16-22(2,3)4)15-14-17-10-8-9-13-19(17)20(21)18-11-6-5-7-12-18/h5-13,20H,14-16H2,1-4H3/q+1/t20-,21-/m0/s1/i1D3. The van der Waals surface area contributed by atoms with Gasteiger partial charge in [-0.25, -0.2) is 0 Å². The largest absolute Gasteiger partial charge is 0.319 e. The predicted octanol–water partition coefficient (Wildman–Crippen LogP) is 4.66. The Balaban J connectivity index is 2.26. The smallest absolute Gasteiger partial charge is 0.140 e. The van der Waals surface area contributed by atoms with Gasteiger partial charge in [0, 0.05) is 17.5 Å². The Morgan fingerprint density at radius 1 is 1.05 bits per heavy atom. The van der Waals surface area contributed by atoms with Gasteiger partial charge in [0.1, 0.15) is 14.1 Å². The van der Waals surface area contributed by atoms with E-state index in [0.29, 0.717) is 6.54 Å². The van der Waals surface area contributed by atoms with Gasteiger partial charge in [-0.2, -0.15) is 0 Å². The topological polar surface area (TPSA) is 0 Å².